The van der Waals surface area contributed by atoms with Crippen molar-refractivity contribution in [3.8, 4) is 0 Å². The van der Waals surface area contributed by atoms with E-state index >= 15 is 0 Å². The van der Waals surface area contributed by atoms with E-state index in [0.29, 0.717) is 5.78 Å². The van der Waals surface area contributed by atoms with Crippen LogP contribution in [-0.4, -0.2) is 16.3 Å². The highest BCUT2D eigenvalue weighted by Crippen LogP contribution is 2.44. The molecule has 2 heteroatoms. The summed E-state index contributed by atoms with van der Waals surface area (Å²) in [4.78, 5) is 12.7. The largest absolute Gasteiger partial charge is 0.294 e. The Morgan fingerprint density at radius 1 is 1.10 bits per heavy atom. The smallest absolute Gasteiger partial charge is 0.166 e. The van der Waals surface area contributed by atoms with Gasteiger partial charge in [-0.1, -0.05) is 42.8 Å². The minimum Gasteiger partial charge on any atom is -0.294 e. The molecule has 2 unspecified atom stereocenters. The molecule has 2 aliphatic rings. The van der Waals surface area contributed by atoms with Gasteiger partial charge in [-0.2, -0.15) is 11.8 Å². The highest BCUT2D eigenvalue weighted by Gasteiger charge is 2.35. The molecule has 1 aromatic carbocycles. The number of allylic oxidation sites excluding steroid dienone is 1. The standard InChI is InChI=1S/C18H22OS/c1-12(2)13-6-8-14(9-7-13)18(19)15-10-16-4-3-5-17(11-15)20-16/h6-9,15-17H,1,3-5,10-11H2,2H3. The lowest BCUT2D eigenvalue weighted by Crippen LogP contribution is -2.32. The van der Waals surface area contributed by atoms with Gasteiger partial charge in [-0.25, -0.2) is 0 Å². The minimum absolute atomic E-state index is 0.252. The summed E-state index contributed by atoms with van der Waals surface area (Å²) in [7, 11) is 0. The second-order valence-corrected chi connectivity index (χ2v) is 7.81. The average molecular weight is 286 g/mol. The van der Waals surface area contributed by atoms with E-state index in [0.717, 1.165) is 40.0 Å². The van der Waals surface area contributed by atoms with Crippen LogP contribution in [0.3, 0.4) is 0 Å². The van der Waals surface area contributed by atoms with E-state index in [2.05, 4.69) is 18.3 Å². The van der Waals surface area contributed by atoms with Gasteiger partial charge in [0.05, 0.1) is 0 Å². The number of carbonyl (C=O) groups is 1. The third-order valence-electron chi connectivity index (χ3n) is 4.56. The van der Waals surface area contributed by atoms with Crippen LogP contribution in [-0.2, 0) is 0 Å². The zero-order chi connectivity index (χ0) is 14.1. The molecule has 2 bridgehead atoms. The molecule has 0 saturated carbocycles. The van der Waals surface area contributed by atoms with Crippen molar-refractivity contribution >= 4 is 23.1 Å². The fourth-order valence-electron chi connectivity index (χ4n) is 3.43. The summed E-state index contributed by atoms with van der Waals surface area (Å²) in [5.74, 6) is 0.609. The Hall–Kier alpha value is -1.02. The summed E-state index contributed by atoms with van der Waals surface area (Å²) < 4.78 is 0. The lowest BCUT2D eigenvalue weighted by Gasteiger charge is -2.37. The van der Waals surface area contributed by atoms with Crippen LogP contribution in [0.15, 0.2) is 30.8 Å². The predicted molar refractivity (Wildman–Crippen MR) is 87.2 cm³/mol. The van der Waals surface area contributed by atoms with Crippen molar-refractivity contribution in [2.45, 2.75) is 49.5 Å². The SMILES string of the molecule is C=C(C)c1ccc(C(=O)C2CC3CCCC(C2)S3)cc1. The van der Waals surface area contributed by atoms with E-state index in [1.165, 1.54) is 19.3 Å². The van der Waals surface area contributed by atoms with E-state index in [-0.39, 0.29) is 5.92 Å². The van der Waals surface area contributed by atoms with Gasteiger partial charge in [0.1, 0.15) is 0 Å². The number of fused-ring (bicyclic) bond motifs is 2. The molecule has 2 saturated heterocycles. The van der Waals surface area contributed by atoms with Gasteiger partial charge in [0, 0.05) is 22.0 Å². The highest BCUT2D eigenvalue weighted by atomic mass is 32.2. The Labute approximate surface area is 125 Å². The number of hydrogen-bond donors (Lipinski definition) is 0. The molecule has 0 amide bonds. The number of hydrogen-bond acceptors (Lipinski definition) is 2. The number of thioether (sulfide) groups is 1. The van der Waals surface area contributed by atoms with Gasteiger partial charge < -0.3 is 0 Å². The maximum absolute atomic E-state index is 12.7. The molecule has 1 aromatic rings. The van der Waals surface area contributed by atoms with Crippen molar-refractivity contribution in [1.29, 1.82) is 0 Å². The molecular weight excluding hydrogens is 264 g/mol. The third kappa shape index (κ3) is 2.85. The van der Waals surface area contributed by atoms with Crippen LogP contribution in [0.2, 0.25) is 0 Å². The second kappa shape index (κ2) is 5.77. The molecular formula is C18H22OS. The van der Waals surface area contributed by atoms with E-state index < -0.39 is 0 Å². The molecule has 0 N–H and O–H groups in total. The Kier molecular flexibility index (Phi) is 4.02. The molecule has 0 radical (unpaired) electrons. The first-order valence-electron chi connectivity index (χ1n) is 7.59. The van der Waals surface area contributed by atoms with Crippen LogP contribution in [0.25, 0.3) is 5.57 Å². The van der Waals surface area contributed by atoms with Crippen molar-refractivity contribution in [2.75, 3.05) is 0 Å². The summed E-state index contributed by atoms with van der Waals surface area (Å²) >= 11 is 2.13. The summed E-state index contributed by atoms with van der Waals surface area (Å²) in [6.07, 6.45) is 6.14. The van der Waals surface area contributed by atoms with Crippen molar-refractivity contribution in [1.82, 2.24) is 0 Å². The maximum Gasteiger partial charge on any atom is 0.166 e. The zero-order valence-electron chi connectivity index (χ0n) is 12.1. The van der Waals surface area contributed by atoms with Crippen molar-refractivity contribution in [3.63, 3.8) is 0 Å². The monoisotopic (exact) mass is 286 g/mol. The Bertz CT molecular complexity index is 505. The quantitative estimate of drug-likeness (QED) is 0.730. The fourth-order valence-corrected chi connectivity index (χ4v) is 5.26. The summed E-state index contributed by atoms with van der Waals surface area (Å²) in [6, 6.07) is 8.00. The number of ketones is 1. The van der Waals surface area contributed by atoms with Crippen molar-refractivity contribution < 1.29 is 4.79 Å². The van der Waals surface area contributed by atoms with Crippen LogP contribution < -0.4 is 0 Å². The number of benzene rings is 1. The van der Waals surface area contributed by atoms with Crippen LogP contribution in [0, 0.1) is 5.92 Å². The number of rotatable bonds is 3. The van der Waals surface area contributed by atoms with Gasteiger partial charge >= 0.3 is 0 Å². The van der Waals surface area contributed by atoms with Crippen LogP contribution in [0.5, 0.6) is 0 Å². The lowest BCUT2D eigenvalue weighted by molar-refractivity contribution is 0.0896. The van der Waals surface area contributed by atoms with Crippen LogP contribution in [0.4, 0.5) is 0 Å². The van der Waals surface area contributed by atoms with E-state index in [9.17, 15) is 4.79 Å². The van der Waals surface area contributed by atoms with Crippen LogP contribution >= 0.6 is 11.8 Å². The average Bonchev–Trinajstić information content (AvgIpc) is 2.46. The van der Waals surface area contributed by atoms with Gasteiger partial charge in [-0.15, -0.1) is 0 Å². The molecule has 0 aliphatic carbocycles. The molecule has 0 aromatic heterocycles. The first-order chi connectivity index (χ1) is 9.63. The fraction of sp³-hybridized carbons (Fsp3) is 0.500. The van der Waals surface area contributed by atoms with Crippen molar-refractivity contribution in [2.24, 2.45) is 5.92 Å². The van der Waals surface area contributed by atoms with E-state index in [1.807, 2.05) is 31.2 Å². The summed E-state index contributed by atoms with van der Waals surface area (Å²) in [5.41, 5.74) is 3.05. The molecule has 20 heavy (non-hydrogen) atoms. The normalized spacial score (nSPS) is 28.9. The number of carbonyl (C=O) groups excluding carboxylic acids is 1. The van der Waals surface area contributed by atoms with E-state index in [1.54, 1.807) is 0 Å². The molecule has 2 fully saturated rings. The minimum atomic E-state index is 0.252. The first-order valence-corrected chi connectivity index (χ1v) is 8.53. The molecule has 2 atom stereocenters. The molecule has 106 valence electrons. The summed E-state index contributed by atoms with van der Waals surface area (Å²) in [5, 5.41) is 1.46. The van der Waals surface area contributed by atoms with Gasteiger partial charge in [-0.05, 0) is 38.2 Å². The molecule has 2 heterocycles. The lowest BCUT2D eigenvalue weighted by atomic mass is 9.84. The van der Waals surface area contributed by atoms with Gasteiger partial charge in [0.2, 0.25) is 0 Å². The summed E-state index contributed by atoms with van der Waals surface area (Å²) in [6.45, 7) is 5.94. The van der Waals surface area contributed by atoms with Gasteiger partial charge in [-0.3, -0.25) is 4.79 Å². The second-order valence-electron chi connectivity index (χ2n) is 6.20. The first kappa shape index (κ1) is 13.9. The Morgan fingerprint density at radius 2 is 1.65 bits per heavy atom. The molecule has 1 nitrogen and oxygen atoms in total. The predicted octanol–water partition coefficient (Wildman–Crippen LogP) is 4.97. The zero-order valence-corrected chi connectivity index (χ0v) is 12.9. The molecule has 2 aliphatic heterocycles. The third-order valence-corrected chi connectivity index (χ3v) is 6.19. The topological polar surface area (TPSA) is 17.1 Å². The maximum atomic E-state index is 12.7. The van der Waals surface area contributed by atoms with Gasteiger partial charge in [0.25, 0.3) is 0 Å². The highest BCUT2D eigenvalue weighted by molar-refractivity contribution is 8.00. The van der Waals surface area contributed by atoms with Crippen molar-refractivity contribution in [3.05, 3.63) is 42.0 Å². The Balaban J connectivity index is 1.73. The van der Waals surface area contributed by atoms with Gasteiger partial charge in [0.15, 0.2) is 5.78 Å². The number of Topliss-reactive ketones (excluding diaryl/α,β-unsaturated/α-hetero) is 1. The van der Waals surface area contributed by atoms with E-state index in [4.69, 9.17) is 0 Å². The molecule has 3 rings (SSSR count). The Morgan fingerprint density at radius 3 is 2.20 bits per heavy atom. The van der Waals surface area contributed by atoms with Crippen LogP contribution in [0.1, 0.15) is 54.9 Å². The molecule has 0 spiro atoms.